The summed E-state index contributed by atoms with van der Waals surface area (Å²) in [6.07, 6.45) is 0.773. The normalized spacial score (nSPS) is 9.86. The van der Waals surface area contributed by atoms with Crippen LogP contribution in [0.1, 0.15) is 6.42 Å². The second-order valence-corrected chi connectivity index (χ2v) is 1.46. The third-order valence-electron chi connectivity index (χ3n) is 0.492. The predicted molar refractivity (Wildman–Crippen MR) is 27.2 cm³/mol. The Morgan fingerprint density at radius 1 is 1.71 bits per heavy atom. The van der Waals surface area contributed by atoms with E-state index in [9.17, 15) is 4.57 Å². The SMILES string of the molecule is NCCCOP=O. The standard InChI is InChI=1S/C3H8NO2P/c4-2-1-3-6-7-5/h1-4H2. The van der Waals surface area contributed by atoms with Gasteiger partial charge in [0.1, 0.15) is 0 Å². The summed E-state index contributed by atoms with van der Waals surface area (Å²) < 4.78 is 13.9. The summed E-state index contributed by atoms with van der Waals surface area (Å²) in [5.74, 6) is 0. The zero-order valence-electron chi connectivity index (χ0n) is 3.96. The Balaban J connectivity index is 2.56. The molecule has 0 fully saturated rings. The molecule has 0 heterocycles. The van der Waals surface area contributed by atoms with Crippen molar-refractivity contribution in [2.75, 3.05) is 13.2 Å². The van der Waals surface area contributed by atoms with Gasteiger partial charge >= 0.3 is 8.69 Å². The van der Waals surface area contributed by atoms with Crippen LogP contribution in [0.15, 0.2) is 0 Å². The molecule has 4 heteroatoms. The van der Waals surface area contributed by atoms with Crippen LogP contribution < -0.4 is 5.73 Å². The average Bonchev–Trinajstić information content (AvgIpc) is 1.69. The minimum atomic E-state index is -0.251. The lowest BCUT2D eigenvalue weighted by molar-refractivity contribution is 0.338. The molecule has 42 valence electrons. The lowest BCUT2D eigenvalue weighted by Crippen LogP contribution is -2.00. The maximum Gasteiger partial charge on any atom is 0.327 e. The van der Waals surface area contributed by atoms with Crippen LogP contribution in [0.4, 0.5) is 0 Å². The topological polar surface area (TPSA) is 52.3 Å². The smallest absolute Gasteiger partial charge is 0.327 e. The van der Waals surface area contributed by atoms with Gasteiger partial charge in [-0.25, -0.2) is 4.57 Å². The molecule has 0 bridgehead atoms. The van der Waals surface area contributed by atoms with Crippen molar-refractivity contribution in [1.29, 1.82) is 0 Å². The molecular weight excluding hydrogens is 113 g/mol. The monoisotopic (exact) mass is 121 g/mol. The fourth-order valence-electron chi connectivity index (χ4n) is 0.185. The zero-order valence-corrected chi connectivity index (χ0v) is 4.86. The van der Waals surface area contributed by atoms with Gasteiger partial charge in [-0.1, -0.05) is 0 Å². The minimum absolute atomic E-state index is 0.251. The lowest BCUT2D eigenvalue weighted by atomic mass is 10.5. The van der Waals surface area contributed by atoms with Crippen LogP contribution in [-0.2, 0) is 9.09 Å². The summed E-state index contributed by atoms with van der Waals surface area (Å²) in [4.78, 5) is 0. The van der Waals surface area contributed by atoms with Crippen molar-refractivity contribution in [3.63, 3.8) is 0 Å². The van der Waals surface area contributed by atoms with Gasteiger partial charge in [-0.05, 0) is 13.0 Å². The van der Waals surface area contributed by atoms with Crippen molar-refractivity contribution in [3.05, 3.63) is 0 Å². The van der Waals surface area contributed by atoms with Crippen molar-refractivity contribution < 1.29 is 9.09 Å². The molecule has 0 aromatic heterocycles. The molecule has 0 aliphatic heterocycles. The molecule has 0 saturated heterocycles. The van der Waals surface area contributed by atoms with Crippen LogP contribution in [0.2, 0.25) is 0 Å². The van der Waals surface area contributed by atoms with Gasteiger partial charge in [-0.2, -0.15) is 0 Å². The first-order chi connectivity index (χ1) is 3.41. The molecule has 0 aromatic rings. The van der Waals surface area contributed by atoms with E-state index in [4.69, 9.17) is 5.73 Å². The van der Waals surface area contributed by atoms with Crippen LogP contribution >= 0.6 is 8.69 Å². The van der Waals surface area contributed by atoms with E-state index in [1.54, 1.807) is 0 Å². The molecule has 0 aromatic carbocycles. The van der Waals surface area contributed by atoms with E-state index in [1.807, 2.05) is 0 Å². The second-order valence-electron chi connectivity index (χ2n) is 1.05. The highest BCUT2D eigenvalue weighted by molar-refractivity contribution is 7.17. The Hall–Kier alpha value is 0.0200. The molecule has 3 nitrogen and oxygen atoms in total. The van der Waals surface area contributed by atoms with Crippen LogP contribution in [0.3, 0.4) is 0 Å². The number of hydrogen-bond donors (Lipinski definition) is 1. The van der Waals surface area contributed by atoms with E-state index in [1.165, 1.54) is 0 Å². The first-order valence-corrected chi connectivity index (χ1v) is 2.79. The van der Waals surface area contributed by atoms with E-state index in [2.05, 4.69) is 4.52 Å². The summed E-state index contributed by atoms with van der Waals surface area (Å²) >= 11 is 0. The van der Waals surface area contributed by atoms with Gasteiger partial charge in [0, 0.05) is 0 Å². The summed E-state index contributed by atoms with van der Waals surface area (Å²) in [6, 6.07) is 0. The Kier molecular flexibility index (Phi) is 6.04. The fraction of sp³-hybridized carbons (Fsp3) is 1.00. The Morgan fingerprint density at radius 3 is 2.86 bits per heavy atom. The predicted octanol–water partition coefficient (Wildman–Crippen LogP) is 0.559. The van der Waals surface area contributed by atoms with Gasteiger partial charge in [-0.15, -0.1) is 0 Å². The number of rotatable bonds is 4. The quantitative estimate of drug-likeness (QED) is 0.436. The third-order valence-corrected chi connectivity index (χ3v) is 0.780. The van der Waals surface area contributed by atoms with E-state index >= 15 is 0 Å². The number of nitrogens with two attached hydrogens (primary N) is 1. The average molecular weight is 121 g/mol. The minimum Gasteiger partial charge on any atom is -0.330 e. The molecule has 0 atom stereocenters. The van der Waals surface area contributed by atoms with Crippen molar-refractivity contribution in [2.24, 2.45) is 5.73 Å². The van der Waals surface area contributed by atoms with E-state index < -0.39 is 0 Å². The first-order valence-electron chi connectivity index (χ1n) is 2.06. The molecule has 0 rings (SSSR count). The van der Waals surface area contributed by atoms with Crippen molar-refractivity contribution in [3.8, 4) is 0 Å². The summed E-state index contributed by atoms with van der Waals surface area (Å²) in [6.45, 7) is 1.08. The third kappa shape index (κ3) is 6.02. The molecule has 7 heavy (non-hydrogen) atoms. The van der Waals surface area contributed by atoms with Crippen molar-refractivity contribution >= 4 is 8.69 Å². The highest BCUT2D eigenvalue weighted by Crippen LogP contribution is 1.93. The molecule has 0 amide bonds. The van der Waals surface area contributed by atoms with Gasteiger partial charge in [0.2, 0.25) is 0 Å². The zero-order chi connectivity index (χ0) is 5.54. The number of hydrogen-bond acceptors (Lipinski definition) is 3. The van der Waals surface area contributed by atoms with Gasteiger partial charge in [0.25, 0.3) is 0 Å². The maximum atomic E-state index is 9.51. The second kappa shape index (κ2) is 6.02. The molecule has 0 saturated carbocycles. The van der Waals surface area contributed by atoms with Crippen LogP contribution in [0.5, 0.6) is 0 Å². The van der Waals surface area contributed by atoms with E-state index in [-0.39, 0.29) is 8.69 Å². The molecule has 0 unspecified atom stereocenters. The van der Waals surface area contributed by atoms with Gasteiger partial charge in [0.05, 0.1) is 6.61 Å². The Morgan fingerprint density at radius 2 is 2.43 bits per heavy atom. The van der Waals surface area contributed by atoms with Gasteiger partial charge < -0.3 is 5.73 Å². The van der Waals surface area contributed by atoms with Gasteiger partial charge in [0.15, 0.2) is 0 Å². The van der Waals surface area contributed by atoms with Crippen LogP contribution in [0.25, 0.3) is 0 Å². The summed E-state index contributed by atoms with van der Waals surface area (Å²) in [5.41, 5.74) is 5.08. The summed E-state index contributed by atoms with van der Waals surface area (Å²) in [5, 5.41) is 0. The van der Waals surface area contributed by atoms with Crippen LogP contribution in [0, 0.1) is 0 Å². The molecule has 0 spiro atoms. The Labute approximate surface area is 44.1 Å². The molecule has 0 radical (unpaired) electrons. The molecule has 0 aliphatic rings. The molecule has 2 N–H and O–H groups in total. The van der Waals surface area contributed by atoms with E-state index in [0.717, 1.165) is 6.42 Å². The van der Waals surface area contributed by atoms with Crippen molar-refractivity contribution in [2.45, 2.75) is 6.42 Å². The lowest BCUT2D eigenvalue weighted by Gasteiger charge is -1.87. The highest BCUT2D eigenvalue weighted by Gasteiger charge is 1.80. The molecule has 0 aliphatic carbocycles. The van der Waals surface area contributed by atoms with Gasteiger partial charge in [-0.3, -0.25) is 4.52 Å². The van der Waals surface area contributed by atoms with Crippen molar-refractivity contribution in [1.82, 2.24) is 0 Å². The highest BCUT2D eigenvalue weighted by atomic mass is 31.1. The fourth-order valence-corrected chi connectivity index (χ4v) is 0.389. The first kappa shape index (κ1) is 7.02. The Bertz CT molecular complexity index is 50.2. The van der Waals surface area contributed by atoms with Crippen LogP contribution in [-0.4, -0.2) is 13.2 Å². The summed E-state index contributed by atoms with van der Waals surface area (Å²) in [7, 11) is -0.251. The molecular formula is C3H8NO2P. The van der Waals surface area contributed by atoms with E-state index in [0.29, 0.717) is 13.2 Å². The largest absolute Gasteiger partial charge is 0.330 e. The maximum absolute atomic E-state index is 9.51.